The second-order valence-electron chi connectivity index (χ2n) is 5.33. The van der Waals surface area contributed by atoms with E-state index in [1.54, 1.807) is 18.6 Å². The van der Waals surface area contributed by atoms with Crippen LogP contribution in [0, 0.1) is 25.2 Å². The smallest absolute Gasteiger partial charge is 0.254 e. The summed E-state index contributed by atoms with van der Waals surface area (Å²) in [6.45, 7) is 3.78. The summed E-state index contributed by atoms with van der Waals surface area (Å²) >= 11 is 0. The molecule has 1 aliphatic carbocycles. The molecule has 21 heavy (non-hydrogen) atoms. The fraction of sp³-hybridized carbons (Fsp3) is 0.333. The zero-order chi connectivity index (χ0) is 15.0. The lowest BCUT2D eigenvalue weighted by molar-refractivity contribution is 0.0941. The molecule has 3 rings (SSSR count). The molecule has 1 amide bonds. The van der Waals surface area contributed by atoms with Gasteiger partial charge in [-0.15, -0.1) is 0 Å². The van der Waals surface area contributed by atoms with Crippen LogP contribution in [0.3, 0.4) is 0 Å². The monoisotopic (exact) mass is 281 g/mol. The van der Waals surface area contributed by atoms with E-state index in [1.807, 2.05) is 24.5 Å². The zero-order valence-corrected chi connectivity index (χ0v) is 11.9. The highest BCUT2D eigenvalue weighted by Crippen LogP contribution is 2.35. The largest absolute Gasteiger partial charge is 0.334 e. The molecule has 0 atom stereocenters. The Bertz CT molecular complexity index is 737. The van der Waals surface area contributed by atoms with Crippen LogP contribution in [-0.2, 0) is 0 Å². The topological polar surface area (TPSA) is 83.6 Å². The molecular formula is C15H15N5O. The summed E-state index contributed by atoms with van der Waals surface area (Å²) in [6.07, 6.45) is 6.31. The molecule has 6 heteroatoms. The Morgan fingerprint density at radius 2 is 2.19 bits per heavy atom. The van der Waals surface area contributed by atoms with Gasteiger partial charge in [0.2, 0.25) is 0 Å². The number of hydrogen-bond acceptors (Lipinski definition) is 4. The fourth-order valence-electron chi connectivity index (χ4n) is 2.43. The van der Waals surface area contributed by atoms with E-state index >= 15 is 0 Å². The lowest BCUT2D eigenvalue weighted by Crippen LogP contribution is -2.35. The summed E-state index contributed by atoms with van der Waals surface area (Å²) in [7, 11) is 0. The number of hydrogen-bond donors (Lipinski definition) is 1. The molecule has 1 N–H and O–H groups in total. The van der Waals surface area contributed by atoms with E-state index in [2.05, 4.69) is 21.4 Å². The van der Waals surface area contributed by atoms with Gasteiger partial charge in [0.1, 0.15) is 5.54 Å². The van der Waals surface area contributed by atoms with Gasteiger partial charge < -0.3 is 9.88 Å². The quantitative estimate of drug-likeness (QED) is 0.927. The normalized spacial score (nSPS) is 15.3. The molecule has 0 saturated heterocycles. The molecular weight excluding hydrogens is 266 g/mol. The molecule has 106 valence electrons. The van der Waals surface area contributed by atoms with Crippen molar-refractivity contribution in [3.8, 4) is 11.9 Å². The first-order valence-electron chi connectivity index (χ1n) is 6.75. The second kappa shape index (κ2) is 4.70. The number of amides is 1. The minimum Gasteiger partial charge on any atom is -0.334 e. The summed E-state index contributed by atoms with van der Waals surface area (Å²) < 4.78 is 1.88. The number of aryl methyl sites for hydroxylation is 1. The van der Waals surface area contributed by atoms with Crippen LogP contribution < -0.4 is 5.32 Å². The first kappa shape index (κ1) is 13.3. The number of rotatable bonds is 3. The molecule has 2 aromatic rings. The van der Waals surface area contributed by atoms with Crippen LogP contribution >= 0.6 is 0 Å². The standard InChI is InChI=1S/C15H15N5O/c1-10-7-12(14(21)19-15(9-16)3-4-15)11(2)20(10)13-8-17-5-6-18-13/h5-8H,3-4H2,1-2H3,(H,19,21). The van der Waals surface area contributed by atoms with Gasteiger partial charge in [-0.05, 0) is 32.8 Å². The van der Waals surface area contributed by atoms with Gasteiger partial charge in [-0.3, -0.25) is 9.78 Å². The third-order valence-corrected chi connectivity index (χ3v) is 3.77. The Morgan fingerprint density at radius 1 is 1.43 bits per heavy atom. The molecule has 0 bridgehead atoms. The van der Waals surface area contributed by atoms with E-state index in [1.165, 1.54) is 0 Å². The van der Waals surface area contributed by atoms with Gasteiger partial charge >= 0.3 is 0 Å². The average molecular weight is 281 g/mol. The van der Waals surface area contributed by atoms with Crippen LogP contribution in [0.1, 0.15) is 34.6 Å². The van der Waals surface area contributed by atoms with Crippen LogP contribution in [0.2, 0.25) is 0 Å². The van der Waals surface area contributed by atoms with Crippen molar-refractivity contribution < 1.29 is 4.79 Å². The zero-order valence-electron chi connectivity index (χ0n) is 11.9. The van der Waals surface area contributed by atoms with Gasteiger partial charge in [0.05, 0.1) is 17.8 Å². The molecule has 0 radical (unpaired) electrons. The summed E-state index contributed by atoms with van der Waals surface area (Å²) in [5.41, 5.74) is 1.60. The molecule has 1 saturated carbocycles. The van der Waals surface area contributed by atoms with E-state index in [4.69, 9.17) is 5.26 Å². The highest BCUT2D eigenvalue weighted by Gasteiger charge is 2.45. The van der Waals surface area contributed by atoms with Crippen LogP contribution in [0.25, 0.3) is 5.82 Å². The highest BCUT2D eigenvalue weighted by molar-refractivity contribution is 5.96. The Balaban J connectivity index is 1.95. The van der Waals surface area contributed by atoms with Crippen LogP contribution in [-0.4, -0.2) is 26.0 Å². The van der Waals surface area contributed by atoms with E-state index < -0.39 is 5.54 Å². The molecule has 6 nitrogen and oxygen atoms in total. The number of nitriles is 1. The van der Waals surface area contributed by atoms with Crippen LogP contribution in [0.15, 0.2) is 24.7 Å². The van der Waals surface area contributed by atoms with Crippen molar-refractivity contribution in [2.45, 2.75) is 32.2 Å². The first-order valence-corrected chi connectivity index (χ1v) is 6.75. The summed E-state index contributed by atoms with van der Waals surface area (Å²) in [5.74, 6) is 0.463. The van der Waals surface area contributed by atoms with Gasteiger partial charge in [-0.1, -0.05) is 0 Å². The van der Waals surface area contributed by atoms with Crippen molar-refractivity contribution in [2.24, 2.45) is 0 Å². The average Bonchev–Trinajstić information content (AvgIpc) is 3.19. The van der Waals surface area contributed by atoms with Crippen molar-refractivity contribution in [1.82, 2.24) is 19.9 Å². The van der Waals surface area contributed by atoms with E-state index in [0.717, 1.165) is 24.2 Å². The minimum atomic E-state index is -0.661. The van der Waals surface area contributed by atoms with Gasteiger partial charge in [0.15, 0.2) is 5.82 Å². The third kappa shape index (κ3) is 2.27. The summed E-state index contributed by atoms with van der Waals surface area (Å²) in [5, 5.41) is 11.9. The van der Waals surface area contributed by atoms with Crippen molar-refractivity contribution in [1.29, 1.82) is 5.26 Å². The van der Waals surface area contributed by atoms with Gasteiger partial charge in [0, 0.05) is 23.8 Å². The Kier molecular flexibility index (Phi) is 2.98. The number of carbonyl (C=O) groups excluding carboxylic acids is 1. The Morgan fingerprint density at radius 3 is 2.76 bits per heavy atom. The molecule has 2 heterocycles. The van der Waals surface area contributed by atoms with Crippen molar-refractivity contribution in [2.75, 3.05) is 0 Å². The second-order valence-corrected chi connectivity index (χ2v) is 5.33. The molecule has 1 aliphatic rings. The van der Waals surface area contributed by atoms with E-state index in [9.17, 15) is 4.79 Å². The molecule has 1 fully saturated rings. The Labute approximate surface area is 122 Å². The first-order chi connectivity index (χ1) is 10.1. The van der Waals surface area contributed by atoms with Gasteiger partial charge in [0.25, 0.3) is 5.91 Å². The maximum absolute atomic E-state index is 12.4. The molecule has 0 aliphatic heterocycles. The highest BCUT2D eigenvalue weighted by atomic mass is 16.1. The van der Waals surface area contributed by atoms with Gasteiger partial charge in [-0.2, -0.15) is 5.26 Å². The predicted octanol–water partition coefficient (Wildman–Crippen LogP) is 1.67. The number of nitrogens with zero attached hydrogens (tertiary/aromatic N) is 4. The van der Waals surface area contributed by atoms with Crippen LogP contribution in [0.4, 0.5) is 0 Å². The SMILES string of the molecule is Cc1cc(C(=O)NC2(C#N)CC2)c(C)n1-c1cnccn1. The van der Waals surface area contributed by atoms with E-state index in [-0.39, 0.29) is 5.91 Å². The van der Waals surface area contributed by atoms with Crippen molar-refractivity contribution >= 4 is 5.91 Å². The lowest BCUT2D eigenvalue weighted by Gasteiger charge is -2.10. The molecule has 0 aromatic carbocycles. The maximum atomic E-state index is 12.4. The predicted molar refractivity (Wildman–Crippen MR) is 75.9 cm³/mol. The number of aromatic nitrogens is 3. The number of nitrogens with one attached hydrogen (secondary N) is 1. The minimum absolute atomic E-state index is 0.211. The summed E-state index contributed by atoms with van der Waals surface area (Å²) in [4.78, 5) is 20.7. The number of carbonyl (C=O) groups is 1. The van der Waals surface area contributed by atoms with Gasteiger partial charge in [-0.25, -0.2) is 4.98 Å². The van der Waals surface area contributed by atoms with Crippen LogP contribution in [0.5, 0.6) is 0 Å². The molecule has 0 spiro atoms. The fourth-order valence-corrected chi connectivity index (χ4v) is 2.43. The molecule has 2 aromatic heterocycles. The van der Waals surface area contributed by atoms with Crippen molar-refractivity contribution in [3.63, 3.8) is 0 Å². The maximum Gasteiger partial charge on any atom is 0.254 e. The summed E-state index contributed by atoms with van der Waals surface area (Å²) in [6, 6.07) is 3.98. The van der Waals surface area contributed by atoms with E-state index in [0.29, 0.717) is 11.4 Å². The Hall–Kier alpha value is -2.68. The molecule has 0 unspecified atom stereocenters. The lowest BCUT2D eigenvalue weighted by atomic mass is 10.2. The third-order valence-electron chi connectivity index (χ3n) is 3.77. The van der Waals surface area contributed by atoms with Crippen molar-refractivity contribution in [3.05, 3.63) is 41.6 Å².